The van der Waals surface area contributed by atoms with Gasteiger partial charge < -0.3 is 10.5 Å². The largest absolute Gasteiger partial charge is 0.464 e. The predicted octanol–water partition coefficient (Wildman–Crippen LogP) is 0.262. The zero-order valence-electron chi connectivity index (χ0n) is 7.36. The summed E-state index contributed by atoms with van der Waals surface area (Å²) in [5.74, 6) is 0.252. The van der Waals surface area contributed by atoms with Crippen molar-refractivity contribution in [1.82, 2.24) is 9.78 Å². The van der Waals surface area contributed by atoms with Crippen LogP contribution in [0.5, 0.6) is 0 Å². The van der Waals surface area contributed by atoms with E-state index in [4.69, 9.17) is 10.5 Å². The van der Waals surface area contributed by atoms with E-state index >= 15 is 0 Å². The fourth-order valence-electron chi connectivity index (χ4n) is 1.38. The average molecular weight is 181 g/mol. The number of hydrogen-bond acceptors (Lipinski definition) is 4. The van der Waals surface area contributed by atoms with E-state index in [1.807, 2.05) is 6.92 Å². The Morgan fingerprint density at radius 2 is 2.54 bits per heavy atom. The third-order valence-electron chi connectivity index (χ3n) is 2.18. The molecule has 1 atom stereocenters. The number of nitrogen functional groups attached to an aromatic ring is 1. The number of esters is 1. The molecule has 5 nitrogen and oxygen atoms in total. The number of nitrogens with zero attached hydrogens (tertiary/aromatic N) is 2. The molecule has 5 heteroatoms. The molecule has 1 aromatic heterocycles. The van der Waals surface area contributed by atoms with Gasteiger partial charge in [-0.15, -0.1) is 0 Å². The summed E-state index contributed by atoms with van der Waals surface area (Å²) >= 11 is 0. The Morgan fingerprint density at radius 3 is 3.00 bits per heavy atom. The number of nitrogens with two attached hydrogens (primary N) is 1. The average Bonchev–Trinajstić information content (AvgIpc) is 2.60. The highest BCUT2D eigenvalue weighted by Crippen LogP contribution is 2.21. The van der Waals surface area contributed by atoms with Crippen molar-refractivity contribution in [2.75, 3.05) is 12.3 Å². The van der Waals surface area contributed by atoms with Crippen molar-refractivity contribution in [3.05, 3.63) is 11.8 Å². The maximum Gasteiger partial charge on any atom is 0.331 e. The Morgan fingerprint density at radius 1 is 1.77 bits per heavy atom. The summed E-state index contributed by atoms with van der Waals surface area (Å²) in [6, 6.07) is -0.281. The Hall–Kier alpha value is -1.52. The fourth-order valence-corrected chi connectivity index (χ4v) is 1.38. The molecule has 1 saturated heterocycles. The Bertz CT molecular complexity index is 326. The molecule has 0 bridgehead atoms. The quantitative estimate of drug-likeness (QED) is 0.631. The van der Waals surface area contributed by atoms with Crippen LogP contribution >= 0.6 is 0 Å². The van der Waals surface area contributed by atoms with E-state index in [9.17, 15) is 4.79 Å². The zero-order valence-corrected chi connectivity index (χ0v) is 7.36. The lowest BCUT2D eigenvalue weighted by molar-refractivity contribution is -0.140. The summed E-state index contributed by atoms with van der Waals surface area (Å²) in [5.41, 5.74) is 6.46. The second-order valence-electron chi connectivity index (χ2n) is 3.15. The molecule has 1 fully saturated rings. The van der Waals surface area contributed by atoms with Gasteiger partial charge in [-0.1, -0.05) is 0 Å². The van der Waals surface area contributed by atoms with Crippen molar-refractivity contribution < 1.29 is 9.53 Å². The van der Waals surface area contributed by atoms with Crippen molar-refractivity contribution in [2.24, 2.45) is 0 Å². The molecule has 0 aromatic carbocycles. The topological polar surface area (TPSA) is 70.1 Å². The summed E-state index contributed by atoms with van der Waals surface area (Å²) < 4.78 is 6.41. The molecule has 2 N–H and O–H groups in total. The van der Waals surface area contributed by atoms with Gasteiger partial charge in [0.2, 0.25) is 0 Å². The highest BCUT2D eigenvalue weighted by molar-refractivity contribution is 5.75. The number of ether oxygens (including phenoxy) is 1. The standard InChI is InChI=1S/C8H11N3O2/c1-5-4-11(10-7(5)9)6-2-3-13-8(6)12/h4,6H,2-3H2,1H3,(H2,9,10). The minimum atomic E-state index is -0.281. The second kappa shape index (κ2) is 2.76. The van der Waals surface area contributed by atoms with Gasteiger partial charge in [0.15, 0.2) is 6.04 Å². The van der Waals surface area contributed by atoms with Crippen LogP contribution < -0.4 is 5.73 Å². The third-order valence-corrected chi connectivity index (χ3v) is 2.18. The molecular weight excluding hydrogens is 170 g/mol. The van der Waals surface area contributed by atoms with Crippen LogP contribution in [0.3, 0.4) is 0 Å². The van der Waals surface area contributed by atoms with Gasteiger partial charge in [-0.3, -0.25) is 4.68 Å². The van der Waals surface area contributed by atoms with Crippen LogP contribution in [0.1, 0.15) is 18.0 Å². The van der Waals surface area contributed by atoms with Crippen molar-refractivity contribution in [1.29, 1.82) is 0 Å². The van der Waals surface area contributed by atoms with Gasteiger partial charge in [-0.2, -0.15) is 5.10 Å². The Kier molecular flexibility index (Phi) is 1.72. The van der Waals surface area contributed by atoms with Gasteiger partial charge in [0.1, 0.15) is 5.82 Å². The first-order chi connectivity index (χ1) is 6.18. The van der Waals surface area contributed by atoms with E-state index in [0.29, 0.717) is 18.8 Å². The van der Waals surface area contributed by atoms with Crippen LogP contribution in [0.4, 0.5) is 5.82 Å². The van der Waals surface area contributed by atoms with Crippen molar-refractivity contribution in [3.63, 3.8) is 0 Å². The normalized spacial score (nSPS) is 21.9. The van der Waals surface area contributed by atoms with Gasteiger partial charge in [0.25, 0.3) is 0 Å². The number of cyclic esters (lactones) is 1. The van der Waals surface area contributed by atoms with E-state index in [-0.39, 0.29) is 12.0 Å². The molecule has 0 saturated carbocycles. The van der Waals surface area contributed by atoms with Crippen molar-refractivity contribution in [2.45, 2.75) is 19.4 Å². The molecule has 70 valence electrons. The highest BCUT2D eigenvalue weighted by atomic mass is 16.5. The van der Waals surface area contributed by atoms with E-state index in [1.165, 1.54) is 0 Å². The van der Waals surface area contributed by atoms with Gasteiger partial charge >= 0.3 is 5.97 Å². The van der Waals surface area contributed by atoms with E-state index in [2.05, 4.69) is 5.10 Å². The van der Waals surface area contributed by atoms with E-state index in [0.717, 1.165) is 5.56 Å². The summed E-state index contributed by atoms with van der Waals surface area (Å²) in [6.45, 7) is 2.33. The molecule has 0 radical (unpaired) electrons. The first kappa shape index (κ1) is 8.10. The number of aryl methyl sites for hydroxylation is 1. The molecular formula is C8H11N3O2. The molecule has 1 unspecified atom stereocenters. The molecule has 1 aliphatic rings. The van der Waals surface area contributed by atoms with E-state index < -0.39 is 0 Å². The molecule has 2 heterocycles. The fraction of sp³-hybridized carbons (Fsp3) is 0.500. The lowest BCUT2D eigenvalue weighted by Crippen LogP contribution is -2.14. The summed E-state index contributed by atoms with van der Waals surface area (Å²) in [4.78, 5) is 11.2. The molecule has 1 aromatic rings. The summed E-state index contributed by atoms with van der Waals surface area (Å²) in [5, 5.41) is 4.04. The molecule has 13 heavy (non-hydrogen) atoms. The van der Waals surface area contributed by atoms with Crippen LogP contribution in [-0.4, -0.2) is 22.4 Å². The lowest BCUT2D eigenvalue weighted by atomic mass is 10.2. The summed E-state index contributed by atoms with van der Waals surface area (Å²) in [6.07, 6.45) is 2.45. The van der Waals surface area contributed by atoms with Crippen LogP contribution in [0.15, 0.2) is 6.20 Å². The van der Waals surface area contributed by atoms with Crippen LogP contribution in [0.2, 0.25) is 0 Å². The van der Waals surface area contributed by atoms with Gasteiger partial charge in [-0.05, 0) is 6.92 Å². The first-order valence-corrected chi connectivity index (χ1v) is 4.16. The van der Waals surface area contributed by atoms with Crippen LogP contribution in [-0.2, 0) is 9.53 Å². The highest BCUT2D eigenvalue weighted by Gasteiger charge is 2.29. The maximum absolute atomic E-state index is 11.2. The maximum atomic E-state index is 11.2. The zero-order chi connectivity index (χ0) is 9.42. The first-order valence-electron chi connectivity index (χ1n) is 4.16. The molecule has 1 aliphatic heterocycles. The monoisotopic (exact) mass is 181 g/mol. The number of anilines is 1. The number of rotatable bonds is 1. The number of hydrogen-bond donors (Lipinski definition) is 1. The minimum Gasteiger partial charge on any atom is -0.464 e. The summed E-state index contributed by atoms with van der Waals surface area (Å²) in [7, 11) is 0. The molecule has 0 aliphatic carbocycles. The van der Waals surface area contributed by atoms with Crippen molar-refractivity contribution in [3.8, 4) is 0 Å². The van der Waals surface area contributed by atoms with Crippen LogP contribution in [0, 0.1) is 6.92 Å². The van der Waals surface area contributed by atoms with Crippen molar-refractivity contribution >= 4 is 11.8 Å². The van der Waals surface area contributed by atoms with E-state index in [1.54, 1.807) is 10.9 Å². The Labute approximate surface area is 75.5 Å². The number of aromatic nitrogens is 2. The number of carbonyl (C=O) groups is 1. The molecule has 0 amide bonds. The van der Waals surface area contributed by atoms with Gasteiger partial charge in [0, 0.05) is 18.2 Å². The van der Waals surface area contributed by atoms with Gasteiger partial charge in [0.05, 0.1) is 6.61 Å². The minimum absolute atomic E-state index is 0.220. The lowest BCUT2D eigenvalue weighted by Gasteiger charge is -2.04. The van der Waals surface area contributed by atoms with Crippen LogP contribution in [0.25, 0.3) is 0 Å². The Balaban J connectivity index is 2.29. The molecule has 2 rings (SSSR count). The SMILES string of the molecule is Cc1cn(C2CCOC2=O)nc1N. The predicted molar refractivity (Wildman–Crippen MR) is 46.0 cm³/mol. The third kappa shape index (κ3) is 1.26. The second-order valence-corrected chi connectivity index (χ2v) is 3.15. The molecule has 0 spiro atoms. The van der Waals surface area contributed by atoms with Gasteiger partial charge in [-0.25, -0.2) is 4.79 Å². The number of carbonyl (C=O) groups excluding carboxylic acids is 1. The smallest absolute Gasteiger partial charge is 0.331 e.